The fraction of sp³-hybridized carbons (Fsp3) is 0.256. The van der Waals surface area contributed by atoms with E-state index in [9.17, 15) is 0 Å². The summed E-state index contributed by atoms with van der Waals surface area (Å²) in [6.45, 7) is 2.31. The second-order valence-corrected chi connectivity index (χ2v) is 12.2. The van der Waals surface area contributed by atoms with Crippen molar-refractivity contribution in [2.24, 2.45) is 5.92 Å². The van der Waals surface area contributed by atoms with Crippen molar-refractivity contribution >= 4 is 33.3 Å². The van der Waals surface area contributed by atoms with Gasteiger partial charge in [0.1, 0.15) is 5.76 Å². The lowest BCUT2D eigenvalue weighted by Gasteiger charge is -2.40. The van der Waals surface area contributed by atoms with Gasteiger partial charge in [-0.05, 0) is 112 Å². The number of aromatic nitrogens is 1. The van der Waals surface area contributed by atoms with Gasteiger partial charge in [-0.2, -0.15) is 0 Å². The predicted octanol–water partition coefficient (Wildman–Crippen LogP) is 9.53. The first-order chi connectivity index (χ1) is 20.7. The second-order valence-electron chi connectivity index (χ2n) is 12.2. The lowest BCUT2D eigenvalue weighted by Crippen LogP contribution is -2.29. The molecule has 1 aromatic heterocycles. The van der Waals surface area contributed by atoms with E-state index in [4.69, 9.17) is 15.5 Å². The van der Waals surface area contributed by atoms with E-state index >= 15 is 0 Å². The highest BCUT2D eigenvalue weighted by atomic mass is 16.5. The highest BCUT2D eigenvalue weighted by Crippen LogP contribution is 2.54. The van der Waals surface area contributed by atoms with Crippen LogP contribution in [0, 0.1) is 5.92 Å². The minimum absolute atomic E-state index is 0.0262. The molecule has 3 aliphatic rings. The highest BCUT2D eigenvalue weighted by molar-refractivity contribution is 5.86. The summed E-state index contributed by atoms with van der Waals surface area (Å²) >= 11 is 0. The molecule has 2 heterocycles. The summed E-state index contributed by atoms with van der Waals surface area (Å²) in [4.78, 5) is 5.21. The van der Waals surface area contributed by atoms with Crippen molar-refractivity contribution in [3.05, 3.63) is 130 Å². The molecular weight excluding hydrogens is 512 g/mol. The van der Waals surface area contributed by atoms with E-state index < -0.39 is 0 Å². The Labute approximate surface area is 247 Å². The minimum atomic E-state index is 0.0262. The van der Waals surface area contributed by atoms with Crippen LogP contribution < -0.4 is 10.5 Å². The van der Waals surface area contributed by atoms with Crippen LogP contribution in [0.25, 0.3) is 27.6 Å². The molecule has 208 valence electrons. The van der Waals surface area contributed by atoms with Crippen molar-refractivity contribution in [1.82, 2.24) is 4.98 Å². The molecule has 0 radical (unpaired) electrons. The van der Waals surface area contributed by atoms with Gasteiger partial charge in [0, 0.05) is 22.9 Å². The molecule has 2 atom stereocenters. The van der Waals surface area contributed by atoms with Gasteiger partial charge in [0.25, 0.3) is 0 Å². The molecule has 0 bridgehead atoms. The molecular formula is C39H36N2O. The molecule has 0 spiro atoms. The fourth-order valence-corrected chi connectivity index (χ4v) is 7.63. The molecule has 2 unspecified atom stereocenters. The summed E-state index contributed by atoms with van der Waals surface area (Å²) in [5.74, 6) is 2.19. The molecule has 2 N–H and O–H groups in total. The number of ether oxygens (including phenoxy) is 1. The maximum absolute atomic E-state index is 7.13. The topological polar surface area (TPSA) is 48.1 Å². The zero-order valence-corrected chi connectivity index (χ0v) is 24.2. The number of benzene rings is 4. The Morgan fingerprint density at radius 1 is 0.833 bits per heavy atom. The lowest BCUT2D eigenvalue weighted by atomic mass is 9.70. The molecule has 3 nitrogen and oxygen atoms in total. The van der Waals surface area contributed by atoms with Crippen molar-refractivity contribution in [2.75, 3.05) is 5.73 Å². The van der Waals surface area contributed by atoms with Crippen LogP contribution in [0.2, 0.25) is 0 Å². The van der Waals surface area contributed by atoms with Gasteiger partial charge in [-0.15, -0.1) is 0 Å². The number of rotatable bonds is 3. The molecule has 4 aromatic carbocycles. The number of pyridine rings is 1. The summed E-state index contributed by atoms with van der Waals surface area (Å²) in [5.41, 5.74) is 16.6. The predicted molar refractivity (Wildman–Crippen MR) is 174 cm³/mol. The largest absolute Gasteiger partial charge is 0.438 e. The summed E-state index contributed by atoms with van der Waals surface area (Å²) in [5, 5.41) is 5.03. The van der Waals surface area contributed by atoms with Gasteiger partial charge in [-0.25, -0.2) is 4.98 Å². The van der Waals surface area contributed by atoms with Gasteiger partial charge in [0.2, 0.25) is 5.88 Å². The van der Waals surface area contributed by atoms with Crippen LogP contribution >= 0.6 is 0 Å². The summed E-state index contributed by atoms with van der Waals surface area (Å²) < 4.78 is 6.95. The zero-order valence-electron chi connectivity index (χ0n) is 24.2. The molecule has 1 aliphatic heterocycles. The maximum atomic E-state index is 7.13. The fourth-order valence-electron chi connectivity index (χ4n) is 7.63. The summed E-state index contributed by atoms with van der Waals surface area (Å²) in [6, 6.07) is 30.9. The molecule has 8 rings (SSSR count). The Balaban J connectivity index is 1.36. The average Bonchev–Trinajstić information content (AvgIpc) is 3.04. The number of nitrogen functional groups attached to an aromatic ring is 1. The first-order valence-corrected chi connectivity index (χ1v) is 15.6. The van der Waals surface area contributed by atoms with Crippen molar-refractivity contribution < 1.29 is 4.74 Å². The van der Waals surface area contributed by atoms with E-state index in [2.05, 4.69) is 97.9 Å². The van der Waals surface area contributed by atoms with Gasteiger partial charge in [0.15, 0.2) is 0 Å². The van der Waals surface area contributed by atoms with E-state index in [0.29, 0.717) is 11.8 Å². The van der Waals surface area contributed by atoms with Crippen molar-refractivity contribution in [1.29, 1.82) is 0 Å². The van der Waals surface area contributed by atoms with Crippen LogP contribution in [0.15, 0.2) is 102 Å². The number of nitrogens with zero attached hydrogens (tertiary/aromatic N) is 1. The second kappa shape index (κ2) is 10.2. The van der Waals surface area contributed by atoms with E-state index in [1.54, 1.807) is 0 Å². The third-order valence-corrected chi connectivity index (χ3v) is 9.79. The molecule has 42 heavy (non-hydrogen) atoms. The van der Waals surface area contributed by atoms with Gasteiger partial charge in [-0.3, -0.25) is 0 Å². The smallest absolute Gasteiger partial charge is 0.225 e. The van der Waals surface area contributed by atoms with Crippen LogP contribution in [-0.4, -0.2) is 4.98 Å². The van der Waals surface area contributed by atoms with Gasteiger partial charge in [-0.1, -0.05) is 85.8 Å². The molecule has 3 heteroatoms. The first kappa shape index (κ1) is 25.3. The third kappa shape index (κ3) is 4.14. The van der Waals surface area contributed by atoms with Crippen LogP contribution in [-0.2, 0) is 12.8 Å². The molecule has 0 fully saturated rings. The van der Waals surface area contributed by atoms with E-state index in [-0.39, 0.29) is 5.92 Å². The molecule has 5 aromatic rings. The summed E-state index contributed by atoms with van der Waals surface area (Å²) in [7, 11) is 0. The normalized spacial score (nSPS) is 20.7. The van der Waals surface area contributed by atoms with Crippen molar-refractivity contribution in [2.45, 2.75) is 57.8 Å². The Bertz CT molecular complexity index is 1930. The first-order valence-electron chi connectivity index (χ1n) is 15.6. The van der Waals surface area contributed by atoms with Crippen LogP contribution in [0.3, 0.4) is 0 Å². The molecule has 0 saturated heterocycles. The summed E-state index contributed by atoms with van der Waals surface area (Å²) in [6.07, 6.45) is 9.82. The number of hydrogen-bond acceptors (Lipinski definition) is 3. The highest BCUT2D eigenvalue weighted by Gasteiger charge is 2.41. The van der Waals surface area contributed by atoms with Crippen LogP contribution in [0.5, 0.6) is 5.88 Å². The van der Waals surface area contributed by atoms with E-state index in [0.717, 1.165) is 61.2 Å². The number of nitrogens with two attached hydrogens (primary N) is 1. The quantitative estimate of drug-likeness (QED) is 0.244. The number of anilines is 1. The number of fused-ring (bicyclic) bond motifs is 4. The third-order valence-electron chi connectivity index (χ3n) is 9.79. The van der Waals surface area contributed by atoms with Crippen molar-refractivity contribution in [3.63, 3.8) is 0 Å². The van der Waals surface area contributed by atoms with E-state index in [1.807, 2.05) is 0 Å². The minimum Gasteiger partial charge on any atom is -0.438 e. The molecule has 0 amide bonds. The Morgan fingerprint density at radius 2 is 1.55 bits per heavy atom. The van der Waals surface area contributed by atoms with Crippen LogP contribution in [0.4, 0.5) is 5.69 Å². The van der Waals surface area contributed by atoms with E-state index in [1.165, 1.54) is 55.8 Å². The SMILES string of the molecule is CCC1CC/C(=C\c2ccc3ccccc3c2)C2=C1C(c1ccc3ccccc3c1)c1c(nc3c(c1N)CCCC3)O2. The zero-order chi connectivity index (χ0) is 28.2. The Kier molecular flexibility index (Phi) is 6.14. The Morgan fingerprint density at radius 3 is 2.33 bits per heavy atom. The average molecular weight is 549 g/mol. The van der Waals surface area contributed by atoms with Gasteiger partial charge < -0.3 is 10.5 Å². The lowest BCUT2D eigenvalue weighted by molar-refractivity contribution is 0.341. The number of aryl methyl sites for hydroxylation is 1. The number of allylic oxidation sites excluding steroid dienone is 2. The molecule has 0 saturated carbocycles. The standard InChI is InChI=1S/C39H36N2O/c1-2-25-17-20-31(22-24-15-16-26-9-3-5-11-28(26)21-24)38-35(25)34(30-19-18-27-10-4-6-12-29(27)23-30)36-37(40)32-13-7-8-14-33(32)41-39(36)42-38/h3-6,9-12,15-16,18-19,21-23,25,34H,2,7-8,13-14,17,20H2,1H3,(H2,40,41)/b31-22+. The van der Waals surface area contributed by atoms with Gasteiger partial charge >= 0.3 is 0 Å². The van der Waals surface area contributed by atoms with Crippen LogP contribution in [0.1, 0.15) is 72.9 Å². The maximum Gasteiger partial charge on any atom is 0.225 e. The molecule has 2 aliphatic carbocycles. The van der Waals surface area contributed by atoms with Crippen molar-refractivity contribution in [3.8, 4) is 5.88 Å². The Hall–Kier alpha value is -4.37. The number of hydrogen-bond donors (Lipinski definition) is 1. The monoisotopic (exact) mass is 548 g/mol. The van der Waals surface area contributed by atoms with Gasteiger partial charge in [0.05, 0.1) is 0 Å².